The maximum absolute atomic E-state index is 12.5. The number of hydrogen-bond acceptors (Lipinski definition) is 4. The van der Waals surface area contributed by atoms with Gasteiger partial charge in [-0.25, -0.2) is 4.98 Å². The molecule has 4 rings (SSSR count). The number of carbonyl (C=O) groups is 1. The second kappa shape index (κ2) is 6.43. The van der Waals surface area contributed by atoms with Crippen LogP contribution in [0.3, 0.4) is 0 Å². The second-order valence-electron chi connectivity index (χ2n) is 5.54. The van der Waals surface area contributed by atoms with Crippen molar-refractivity contribution < 1.29 is 4.79 Å². The van der Waals surface area contributed by atoms with Gasteiger partial charge in [0.2, 0.25) is 5.95 Å². The van der Waals surface area contributed by atoms with Crippen LogP contribution in [0.5, 0.6) is 0 Å². The fourth-order valence-corrected chi connectivity index (χ4v) is 3.02. The predicted molar refractivity (Wildman–Crippen MR) is 94.9 cm³/mol. The number of nitrogens with one attached hydrogen (secondary N) is 3. The summed E-state index contributed by atoms with van der Waals surface area (Å²) in [4.78, 5) is 17.0. The largest absolute Gasteiger partial charge is 0.313 e. The number of anilines is 1. The number of fused-ring (bicyclic) bond motifs is 2. The SMILES string of the molecule is Cl.Cn1c(NC(=O)c2n[nH]c3c2CNCC3)nc2cc(Cl)ccc21. The molecule has 3 heterocycles. The molecule has 24 heavy (non-hydrogen) atoms. The Bertz CT molecular complexity index is 916. The lowest BCUT2D eigenvalue weighted by Gasteiger charge is -2.12. The zero-order valence-electron chi connectivity index (χ0n) is 12.9. The van der Waals surface area contributed by atoms with Crippen LogP contribution < -0.4 is 10.6 Å². The topological polar surface area (TPSA) is 87.6 Å². The van der Waals surface area contributed by atoms with Crippen molar-refractivity contribution in [3.05, 3.63) is 40.2 Å². The molecule has 3 N–H and O–H groups in total. The van der Waals surface area contributed by atoms with E-state index in [1.54, 1.807) is 12.1 Å². The number of H-pyrrole nitrogens is 1. The molecule has 3 aromatic rings. The van der Waals surface area contributed by atoms with Gasteiger partial charge < -0.3 is 9.88 Å². The van der Waals surface area contributed by atoms with Crippen molar-refractivity contribution in [2.24, 2.45) is 7.05 Å². The number of rotatable bonds is 2. The predicted octanol–water partition coefficient (Wildman–Crippen LogP) is 2.27. The first-order valence-electron chi connectivity index (χ1n) is 7.33. The average molecular weight is 367 g/mol. The molecule has 0 saturated heterocycles. The first-order valence-corrected chi connectivity index (χ1v) is 7.71. The van der Waals surface area contributed by atoms with E-state index in [0.29, 0.717) is 23.2 Å². The normalized spacial score (nSPS) is 13.4. The summed E-state index contributed by atoms with van der Waals surface area (Å²) in [5.41, 5.74) is 4.00. The minimum Gasteiger partial charge on any atom is -0.313 e. The molecule has 0 unspecified atom stereocenters. The average Bonchev–Trinajstić information content (AvgIpc) is 3.09. The third-order valence-electron chi connectivity index (χ3n) is 4.09. The molecule has 0 aliphatic carbocycles. The van der Waals surface area contributed by atoms with Gasteiger partial charge >= 0.3 is 0 Å². The van der Waals surface area contributed by atoms with E-state index in [9.17, 15) is 4.79 Å². The number of imidazole rings is 1. The lowest BCUT2D eigenvalue weighted by Crippen LogP contribution is -2.25. The Labute approximate surface area is 149 Å². The molecule has 0 radical (unpaired) electrons. The van der Waals surface area contributed by atoms with Gasteiger partial charge in [-0.3, -0.25) is 15.2 Å². The van der Waals surface area contributed by atoms with Crippen molar-refractivity contribution in [2.75, 3.05) is 11.9 Å². The summed E-state index contributed by atoms with van der Waals surface area (Å²) in [5.74, 6) is 0.198. The molecule has 0 saturated carbocycles. The van der Waals surface area contributed by atoms with Crippen molar-refractivity contribution >= 4 is 46.9 Å². The third kappa shape index (κ3) is 2.75. The van der Waals surface area contributed by atoms with E-state index in [-0.39, 0.29) is 18.3 Å². The van der Waals surface area contributed by atoms with E-state index in [2.05, 4.69) is 25.8 Å². The van der Waals surface area contributed by atoms with Gasteiger partial charge in [0.15, 0.2) is 5.69 Å². The molecule has 1 aromatic carbocycles. The van der Waals surface area contributed by atoms with Crippen LogP contribution in [-0.2, 0) is 20.0 Å². The molecule has 1 amide bonds. The summed E-state index contributed by atoms with van der Waals surface area (Å²) < 4.78 is 1.82. The van der Waals surface area contributed by atoms with Crippen LogP contribution in [-0.4, -0.2) is 32.2 Å². The van der Waals surface area contributed by atoms with Crippen molar-refractivity contribution in [1.29, 1.82) is 0 Å². The summed E-state index contributed by atoms with van der Waals surface area (Å²) in [6.07, 6.45) is 0.848. The Kier molecular flexibility index (Phi) is 4.49. The van der Waals surface area contributed by atoms with Crippen LogP contribution in [0.4, 0.5) is 5.95 Å². The van der Waals surface area contributed by atoms with Gasteiger partial charge in [-0.2, -0.15) is 5.10 Å². The standard InChI is InChI=1S/C15H15ClN6O.ClH/c1-22-12-3-2-8(16)6-11(12)18-15(22)19-14(23)13-9-7-17-5-4-10(9)20-21-13;/h2-3,6,17H,4-5,7H2,1H3,(H,20,21)(H,18,19,23);1H. The molecular weight excluding hydrogens is 351 g/mol. The number of hydrogen-bond donors (Lipinski definition) is 3. The second-order valence-corrected chi connectivity index (χ2v) is 5.97. The Morgan fingerprint density at radius 3 is 3.08 bits per heavy atom. The van der Waals surface area contributed by atoms with Gasteiger partial charge in [0.1, 0.15) is 0 Å². The van der Waals surface area contributed by atoms with Gasteiger partial charge in [0.05, 0.1) is 11.0 Å². The zero-order chi connectivity index (χ0) is 16.0. The number of amides is 1. The lowest BCUT2D eigenvalue weighted by atomic mass is 10.1. The molecule has 0 spiro atoms. The highest BCUT2D eigenvalue weighted by atomic mass is 35.5. The van der Waals surface area contributed by atoms with Gasteiger partial charge in [-0.1, -0.05) is 11.6 Å². The van der Waals surface area contributed by atoms with E-state index in [0.717, 1.165) is 35.3 Å². The van der Waals surface area contributed by atoms with Gasteiger partial charge in [-0.15, -0.1) is 12.4 Å². The smallest absolute Gasteiger partial charge is 0.278 e. The van der Waals surface area contributed by atoms with Gasteiger partial charge in [-0.05, 0) is 18.2 Å². The van der Waals surface area contributed by atoms with E-state index in [1.165, 1.54) is 0 Å². The van der Waals surface area contributed by atoms with Crippen molar-refractivity contribution in [2.45, 2.75) is 13.0 Å². The monoisotopic (exact) mass is 366 g/mol. The molecular formula is C15H16Cl2N6O. The van der Waals surface area contributed by atoms with Crippen LogP contribution in [0, 0.1) is 0 Å². The van der Waals surface area contributed by atoms with Crippen LogP contribution in [0.1, 0.15) is 21.7 Å². The van der Waals surface area contributed by atoms with E-state index >= 15 is 0 Å². The van der Waals surface area contributed by atoms with Crippen molar-refractivity contribution in [1.82, 2.24) is 25.1 Å². The summed E-state index contributed by atoms with van der Waals surface area (Å²) in [7, 11) is 1.85. The van der Waals surface area contributed by atoms with Gasteiger partial charge in [0, 0.05) is 42.8 Å². The third-order valence-corrected chi connectivity index (χ3v) is 4.32. The maximum atomic E-state index is 12.5. The Hall–Kier alpha value is -2.09. The highest BCUT2D eigenvalue weighted by Crippen LogP contribution is 2.23. The zero-order valence-corrected chi connectivity index (χ0v) is 14.5. The van der Waals surface area contributed by atoms with E-state index < -0.39 is 0 Å². The molecule has 2 aromatic heterocycles. The maximum Gasteiger partial charge on any atom is 0.278 e. The number of halogens is 2. The first kappa shape index (κ1) is 16.8. The van der Waals surface area contributed by atoms with Gasteiger partial charge in [0.25, 0.3) is 5.91 Å². The fourth-order valence-electron chi connectivity index (χ4n) is 2.86. The summed E-state index contributed by atoms with van der Waals surface area (Å²) in [6, 6.07) is 5.44. The summed E-state index contributed by atoms with van der Waals surface area (Å²) in [5, 5.41) is 13.8. The Balaban J connectivity index is 0.00000169. The molecule has 7 nitrogen and oxygen atoms in total. The number of carbonyl (C=O) groups excluding carboxylic acids is 1. The number of aryl methyl sites for hydroxylation is 1. The lowest BCUT2D eigenvalue weighted by molar-refractivity contribution is 0.102. The van der Waals surface area contributed by atoms with Crippen molar-refractivity contribution in [3.8, 4) is 0 Å². The minimum atomic E-state index is -0.268. The Morgan fingerprint density at radius 2 is 2.25 bits per heavy atom. The van der Waals surface area contributed by atoms with Crippen LogP contribution in [0.25, 0.3) is 11.0 Å². The first-order chi connectivity index (χ1) is 11.1. The van der Waals surface area contributed by atoms with Crippen LogP contribution in [0.2, 0.25) is 5.02 Å². The number of aromatic nitrogens is 4. The number of aromatic amines is 1. The minimum absolute atomic E-state index is 0. The molecule has 9 heteroatoms. The van der Waals surface area contributed by atoms with E-state index in [4.69, 9.17) is 11.6 Å². The van der Waals surface area contributed by atoms with Crippen molar-refractivity contribution in [3.63, 3.8) is 0 Å². The highest BCUT2D eigenvalue weighted by Gasteiger charge is 2.22. The quantitative estimate of drug-likeness (QED) is 0.649. The van der Waals surface area contributed by atoms with Crippen LogP contribution >= 0.6 is 24.0 Å². The van der Waals surface area contributed by atoms with E-state index in [1.807, 2.05) is 17.7 Å². The van der Waals surface area contributed by atoms with Crippen LogP contribution in [0.15, 0.2) is 18.2 Å². The summed E-state index contributed by atoms with van der Waals surface area (Å²) >= 11 is 5.99. The molecule has 126 valence electrons. The number of benzene rings is 1. The summed E-state index contributed by atoms with van der Waals surface area (Å²) in [6.45, 7) is 1.54. The highest BCUT2D eigenvalue weighted by molar-refractivity contribution is 6.31. The molecule has 0 atom stereocenters. The number of nitrogens with zero attached hydrogens (tertiary/aromatic N) is 3. The molecule has 0 fully saturated rings. The molecule has 1 aliphatic rings. The fraction of sp³-hybridized carbons (Fsp3) is 0.267. The molecule has 1 aliphatic heterocycles. The molecule has 0 bridgehead atoms. The Morgan fingerprint density at radius 1 is 1.42 bits per heavy atom.